The highest BCUT2D eigenvalue weighted by atomic mass is 16.2. The molecule has 1 heterocycles. The summed E-state index contributed by atoms with van der Waals surface area (Å²) in [6.07, 6.45) is 3.90. The standard InChI is InChI=1S/C18H23N3O3/c1-20-12-17(23)21(18(20)24)11-5-10-16(22)19-15-9-4-7-13-6-2-3-8-14(13)15/h2-3,6,8,15H,4-5,7,9-12H2,1H3,(H,19,22)/t15-/m0/s1. The van der Waals surface area contributed by atoms with Gasteiger partial charge in [-0.3, -0.25) is 14.5 Å². The second-order valence-electron chi connectivity index (χ2n) is 6.50. The first kappa shape index (κ1) is 16.5. The SMILES string of the molecule is CN1CC(=O)N(CCCC(=O)N[C@H]2CCCc3ccccc32)C1=O. The first-order chi connectivity index (χ1) is 11.6. The van der Waals surface area contributed by atoms with E-state index in [4.69, 9.17) is 0 Å². The summed E-state index contributed by atoms with van der Waals surface area (Å²) >= 11 is 0. The highest BCUT2D eigenvalue weighted by Gasteiger charge is 2.33. The third kappa shape index (κ3) is 3.42. The molecular formula is C18H23N3O3. The van der Waals surface area contributed by atoms with E-state index in [0.29, 0.717) is 19.4 Å². The number of nitrogens with zero attached hydrogens (tertiary/aromatic N) is 2. The number of benzene rings is 1. The molecule has 0 bridgehead atoms. The number of aryl methyl sites for hydroxylation is 1. The zero-order chi connectivity index (χ0) is 17.1. The third-order valence-corrected chi connectivity index (χ3v) is 4.72. The lowest BCUT2D eigenvalue weighted by Gasteiger charge is -2.26. The van der Waals surface area contributed by atoms with E-state index in [-0.39, 0.29) is 30.4 Å². The number of imide groups is 1. The molecule has 6 nitrogen and oxygen atoms in total. The quantitative estimate of drug-likeness (QED) is 0.838. The Hall–Kier alpha value is -2.37. The Morgan fingerprint density at radius 2 is 2.08 bits per heavy atom. The first-order valence-corrected chi connectivity index (χ1v) is 8.49. The molecule has 1 fully saturated rings. The van der Waals surface area contributed by atoms with Crippen molar-refractivity contribution in [3.63, 3.8) is 0 Å². The molecule has 4 amide bonds. The molecule has 0 aromatic heterocycles. The number of hydrogen-bond acceptors (Lipinski definition) is 3. The highest BCUT2D eigenvalue weighted by molar-refractivity contribution is 6.01. The monoisotopic (exact) mass is 329 g/mol. The number of carbonyl (C=O) groups excluding carboxylic acids is 3. The minimum absolute atomic E-state index is 0.0239. The molecule has 3 rings (SSSR count). The molecule has 6 heteroatoms. The normalized spacial score (nSPS) is 20.3. The fourth-order valence-corrected chi connectivity index (χ4v) is 3.46. The van der Waals surface area contributed by atoms with Crippen molar-refractivity contribution in [1.29, 1.82) is 0 Å². The Balaban J connectivity index is 1.49. The molecule has 0 radical (unpaired) electrons. The second kappa shape index (κ2) is 7.03. The summed E-state index contributed by atoms with van der Waals surface area (Å²) in [6, 6.07) is 8.03. The van der Waals surface area contributed by atoms with Gasteiger partial charge in [-0.15, -0.1) is 0 Å². The number of amides is 4. The van der Waals surface area contributed by atoms with Crippen LogP contribution >= 0.6 is 0 Å². The smallest absolute Gasteiger partial charge is 0.326 e. The van der Waals surface area contributed by atoms with Gasteiger partial charge in [0.25, 0.3) is 0 Å². The maximum absolute atomic E-state index is 12.2. The van der Waals surface area contributed by atoms with Crippen molar-refractivity contribution in [3.05, 3.63) is 35.4 Å². The predicted molar refractivity (Wildman–Crippen MR) is 89.2 cm³/mol. The van der Waals surface area contributed by atoms with E-state index in [1.165, 1.54) is 20.9 Å². The molecule has 1 aliphatic carbocycles. The molecule has 1 N–H and O–H groups in total. The summed E-state index contributed by atoms with van der Waals surface area (Å²) in [5.41, 5.74) is 2.52. The number of carbonyl (C=O) groups is 3. The molecule has 1 saturated heterocycles. The predicted octanol–water partition coefficient (Wildman–Crippen LogP) is 1.85. The molecular weight excluding hydrogens is 306 g/mol. The van der Waals surface area contributed by atoms with Gasteiger partial charge >= 0.3 is 6.03 Å². The van der Waals surface area contributed by atoms with Gasteiger partial charge in [0.1, 0.15) is 6.54 Å². The van der Waals surface area contributed by atoms with E-state index in [1.54, 1.807) is 7.05 Å². The Bertz CT molecular complexity index is 659. The minimum atomic E-state index is -0.276. The average molecular weight is 329 g/mol. The summed E-state index contributed by atoms with van der Waals surface area (Å²) < 4.78 is 0. The molecule has 2 aliphatic rings. The number of likely N-dealkylation sites (N-methyl/N-ethyl adjacent to an activating group) is 1. The topological polar surface area (TPSA) is 69.7 Å². The van der Waals surface area contributed by atoms with Crippen molar-refractivity contribution < 1.29 is 14.4 Å². The van der Waals surface area contributed by atoms with Crippen molar-refractivity contribution in [3.8, 4) is 0 Å². The number of rotatable bonds is 5. The lowest BCUT2D eigenvalue weighted by Crippen LogP contribution is -2.34. The summed E-state index contributed by atoms with van der Waals surface area (Å²) in [5, 5.41) is 3.09. The number of hydrogen-bond donors (Lipinski definition) is 1. The van der Waals surface area contributed by atoms with Crippen LogP contribution in [-0.2, 0) is 16.0 Å². The lowest BCUT2D eigenvalue weighted by molar-refractivity contribution is -0.126. The van der Waals surface area contributed by atoms with Gasteiger partial charge in [-0.2, -0.15) is 0 Å². The van der Waals surface area contributed by atoms with Gasteiger partial charge in [0, 0.05) is 20.0 Å². The molecule has 0 unspecified atom stereocenters. The molecule has 1 aromatic carbocycles. The van der Waals surface area contributed by atoms with Crippen LogP contribution in [0.1, 0.15) is 42.9 Å². The van der Waals surface area contributed by atoms with Crippen LogP contribution < -0.4 is 5.32 Å². The second-order valence-corrected chi connectivity index (χ2v) is 6.50. The number of nitrogens with one attached hydrogen (secondary N) is 1. The zero-order valence-electron chi connectivity index (χ0n) is 14.0. The number of fused-ring (bicyclic) bond motifs is 1. The van der Waals surface area contributed by atoms with E-state index >= 15 is 0 Å². The number of urea groups is 1. The van der Waals surface area contributed by atoms with Gasteiger partial charge in [0.2, 0.25) is 11.8 Å². The molecule has 0 saturated carbocycles. The van der Waals surface area contributed by atoms with Crippen molar-refractivity contribution >= 4 is 17.8 Å². The highest BCUT2D eigenvalue weighted by Crippen LogP contribution is 2.29. The summed E-state index contributed by atoms with van der Waals surface area (Å²) in [5.74, 6) is -0.215. The summed E-state index contributed by atoms with van der Waals surface area (Å²) in [6.45, 7) is 0.431. The van der Waals surface area contributed by atoms with E-state index in [9.17, 15) is 14.4 Å². The lowest BCUT2D eigenvalue weighted by atomic mass is 9.87. The van der Waals surface area contributed by atoms with Gasteiger partial charge in [0.05, 0.1) is 6.04 Å². The van der Waals surface area contributed by atoms with Crippen LogP contribution in [0.15, 0.2) is 24.3 Å². The fraction of sp³-hybridized carbons (Fsp3) is 0.500. The Labute approximate surface area is 141 Å². The van der Waals surface area contributed by atoms with Crippen LogP contribution in [0.2, 0.25) is 0 Å². The average Bonchev–Trinajstić information content (AvgIpc) is 2.81. The van der Waals surface area contributed by atoms with Crippen molar-refractivity contribution in [2.24, 2.45) is 0 Å². The molecule has 24 heavy (non-hydrogen) atoms. The van der Waals surface area contributed by atoms with Crippen LogP contribution in [0.4, 0.5) is 4.79 Å². The van der Waals surface area contributed by atoms with E-state index in [0.717, 1.165) is 19.3 Å². The summed E-state index contributed by atoms with van der Waals surface area (Å²) in [4.78, 5) is 38.3. The van der Waals surface area contributed by atoms with Crippen LogP contribution in [0.25, 0.3) is 0 Å². The maximum atomic E-state index is 12.2. The van der Waals surface area contributed by atoms with E-state index < -0.39 is 0 Å². The first-order valence-electron chi connectivity index (χ1n) is 8.49. The van der Waals surface area contributed by atoms with E-state index in [2.05, 4.69) is 17.4 Å². The zero-order valence-corrected chi connectivity index (χ0v) is 14.0. The van der Waals surface area contributed by atoms with Crippen molar-refractivity contribution in [2.45, 2.75) is 38.1 Å². The van der Waals surface area contributed by atoms with Crippen LogP contribution in [-0.4, -0.2) is 47.8 Å². The molecule has 1 atom stereocenters. The molecule has 1 aliphatic heterocycles. The van der Waals surface area contributed by atoms with Crippen LogP contribution in [0.3, 0.4) is 0 Å². The Morgan fingerprint density at radius 1 is 1.29 bits per heavy atom. The maximum Gasteiger partial charge on any atom is 0.326 e. The fourth-order valence-electron chi connectivity index (χ4n) is 3.46. The van der Waals surface area contributed by atoms with Crippen molar-refractivity contribution in [1.82, 2.24) is 15.1 Å². The molecule has 0 spiro atoms. The molecule has 1 aromatic rings. The Kier molecular flexibility index (Phi) is 4.83. The van der Waals surface area contributed by atoms with Crippen LogP contribution in [0.5, 0.6) is 0 Å². The van der Waals surface area contributed by atoms with E-state index in [1.807, 2.05) is 12.1 Å². The third-order valence-electron chi connectivity index (χ3n) is 4.72. The molecule has 128 valence electrons. The van der Waals surface area contributed by atoms with Crippen molar-refractivity contribution in [2.75, 3.05) is 20.1 Å². The van der Waals surface area contributed by atoms with Gasteiger partial charge < -0.3 is 10.2 Å². The van der Waals surface area contributed by atoms with Gasteiger partial charge in [-0.1, -0.05) is 24.3 Å². The Morgan fingerprint density at radius 3 is 2.83 bits per heavy atom. The largest absolute Gasteiger partial charge is 0.349 e. The van der Waals surface area contributed by atoms with Crippen LogP contribution in [0, 0.1) is 0 Å². The van der Waals surface area contributed by atoms with Gasteiger partial charge in [0.15, 0.2) is 0 Å². The van der Waals surface area contributed by atoms with Gasteiger partial charge in [-0.25, -0.2) is 4.79 Å². The minimum Gasteiger partial charge on any atom is -0.349 e. The summed E-state index contributed by atoms with van der Waals surface area (Å²) in [7, 11) is 1.60. The van der Waals surface area contributed by atoms with Gasteiger partial charge in [-0.05, 0) is 36.8 Å².